The average Bonchev–Trinajstić information content (AvgIpc) is 2.62. The van der Waals surface area contributed by atoms with Gasteiger partial charge in [-0.25, -0.2) is 8.42 Å². The first-order valence-electron chi connectivity index (χ1n) is 11.5. The molecule has 0 saturated carbocycles. The molecule has 1 aromatic carbocycles. The lowest BCUT2D eigenvalue weighted by atomic mass is 9.95. The third-order valence-electron chi connectivity index (χ3n) is 6.14. The van der Waals surface area contributed by atoms with Crippen LogP contribution in [0.4, 0.5) is 5.69 Å². The molecule has 0 amide bonds. The largest absolute Gasteiger partial charge is 0.372 e. The van der Waals surface area contributed by atoms with E-state index in [1.807, 2.05) is 0 Å². The molecule has 1 fully saturated rings. The van der Waals surface area contributed by atoms with Crippen molar-refractivity contribution >= 4 is 21.3 Å². The van der Waals surface area contributed by atoms with Crippen molar-refractivity contribution in [3.8, 4) is 0 Å². The summed E-state index contributed by atoms with van der Waals surface area (Å²) in [5.74, 6) is 0.426. The lowest BCUT2D eigenvalue weighted by Gasteiger charge is -2.37. The summed E-state index contributed by atoms with van der Waals surface area (Å²) >= 11 is 0. The van der Waals surface area contributed by atoms with Crippen LogP contribution < -0.4 is 4.90 Å². The Hall–Kier alpha value is -1.40. The van der Waals surface area contributed by atoms with Gasteiger partial charge >= 0.3 is 0 Å². The first-order chi connectivity index (χ1) is 14.3. The smallest absolute Gasteiger partial charge is 0.155 e. The summed E-state index contributed by atoms with van der Waals surface area (Å²) in [6.07, 6.45) is 3.52. The van der Waals surface area contributed by atoms with Crippen LogP contribution >= 0.6 is 0 Å². The number of anilines is 1. The van der Waals surface area contributed by atoms with Crippen molar-refractivity contribution in [2.24, 2.45) is 0 Å². The van der Waals surface area contributed by atoms with E-state index < -0.39 is 14.6 Å². The molecule has 2 rings (SSSR count). The van der Waals surface area contributed by atoms with E-state index in [9.17, 15) is 13.2 Å². The molecule has 0 aliphatic carbocycles. The second-order valence-corrected chi connectivity index (χ2v) is 13.0. The second kappa shape index (κ2) is 10.5. The van der Waals surface area contributed by atoms with Crippen LogP contribution in [0.15, 0.2) is 12.1 Å². The molecule has 5 nitrogen and oxygen atoms in total. The van der Waals surface area contributed by atoms with E-state index in [1.54, 1.807) is 20.8 Å². The standard InChI is InChI=1S/C25H41NO4S/c1-18-13-22(26-16-20(3)30-21(4)17-26)14-19(2)24(18)15-23(27)11-9-8-10-12-31(28,29)25(5,6)7/h13-14,20-21H,8-12,15-17H2,1-7H3/t20-,21+. The Bertz CT molecular complexity index is 837. The SMILES string of the molecule is Cc1cc(N2C[C@@H](C)O[C@@H](C)C2)cc(C)c1CC(=O)CCCCCS(=O)(=O)C(C)(C)C. The van der Waals surface area contributed by atoms with Gasteiger partial charge in [0.25, 0.3) is 0 Å². The lowest BCUT2D eigenvalue weighted by Crippen LogP contribution is -2.45. The number of unbranched alkanes of at least 4 members (excludes halogenated alkanes) is 2. The minimum Gasteiger partial charge on any atom is -0.372 e. The molecule has 0 aromatic heterocycles. The molecular formula is C25H41NO4S. The number of hydrogen-bond donors (Lipinski definition) is 0. The van der Waals surface area contributed by atoms with Crippen molar-refractivity contribution < 1.29 is 17.9 Å². The number of ether oxygens (including phenoxy) is 1. The van der Waals surface area contributed by atoms with Gasteiger partial charge in [-0.15, -0.1) is 0 Å². The van der Waals surface area contributed by atoms with Gasteiger partial charge in [0, 0.05) is 31.6 Å². The number of hydrogen-bond acceptors (Lipinski definition) is 5. The van der Waals surface area contributed by atoms with Gasteiger partial charge in [-0.3, -0.25) is 4.79 Å². The maximum Gasteiger partial charge on any atom is 0.155 e. The van der Waals surface area contributed by atoms with Gasteiger partial charge in [0.1, 0.15) is 5.78 Å². The molecule has 0 unspecified atom stereocenters. The first kappa shape index (κ1) is 25.9. The number of sulfone groups is 1. The van der Waals surface area contributed by atoms with Crippen LogP contribution in [0, 0.1) is 13.8 Å². The highest BCUT2D eigenvalue weighted by atomic mass is 32.2. The van der Waals surface area contributed by atoms with Gasteiger partial charge < -0.3 is 9.64 Å². The summed E-state index contributed by atoms with van der Waals surface area (Å²) in [5.41, 5.74) is 4.64. The minimum absolute atomic E-state index is 0.198. The number of aryl methyl sites for hydroxylation is 2. The van der Waals surface area contributed by atoms with Crippen molar-refractivity contribution in [2.75, 3.05) is 23.7 Å². The summed E-state index contributed by atoms with van der Waals surface area (Å²) in [4.78, 5) is 14.9. The van der Waals surface area contributed by atoms with Crippen molar-refractivity contribution in [1.82, 2.24) is 0 Å². The number of rotatable bonds is 9. The highest BCUT2D eigenvalue weighted by Gasteiger charge is 2.28. The Morgan fingerprint density at radius 3 is 2.10 bits per heavy atom. The zero-order valence-corrected chi connectivity index (χ0v) is 21.3. The van der Waals surface area contributed by atoms with Gasteiger partial charge in [-0.05, 0) is 90.1 Å². The Labute approximate surface area is 189 Å². The highest BCUT2D eigenvalue weighted by Crippen LogP contribution is 2.27. The van der Waals surface area contributed by atoms with Crippen molar-refractivity contribution in [3.05, 3.63) is 28.8 Å². The highest BCUT2D eigenvalue weighted by molar-refractivity contribution is 7.92. The van der Waals surface area contributed by atoms with E-state index >= 15 is 0 Å². The van der Waals surface area contributed by atoms with E-state index in [0.29, 0.717) is 19.3 Å². The molecule has 6 heteroatoms. The molecule has 31 heavy (non-hydrogen) atoms. The molecule has 2 atom stereocenters. The zero-order chi connectivity index (χ0) is 23.4. The quantitative estimate of drug-likeness (QED) is 0.505. The fourth-order valence-electron chi connectivity index (χ4n) is 4.20. The fraction of sp³-hybridized carbons (Fsp3) is 0.720. The van der Waals surface area contributed by atoms with Crippen LogP contribution in [0.3, 0.4) is 0 Å². The summed E-state index contributed by atoms with van der Waals surface area (Å²) < 4.78 is 29.5. The molecule has 0 radical (unpaired) electrons. The number of carbonyl (C=O) groups is 1. The summed E-state index contributed by atoms with van der Waals surface area (Å²) in [6.45, 7) is 15.4. The Kier molecular flexibility index (Phi) is 8.74. The number of morpholine rings is 1. The van der Waals surface area contributed by atoms with Gasteiger partial charge in [-0.1, -0.05) is 6.42 Å². The van der Waals surface area contributed by atoms with Gasteiger partial charge in [0.15, 0.2) is 9.84 Å². The third kappa shape index (κ3) is 7.31. The van der Waals surface area contributed by atoms with E-state index in [-0.39, 0.29) is 23.7 Å². The zero-order valence-electron chi connectivity index (χ0n) is 20.5. The van der Waals surface area contributed by atoms with E-state index in [4.69, 9.17) is 4.74 Å². The van der Waals surface area contributed by atoms with Crippen LogP contribution in [0.1, 0.15) is 77.0 Å². The van der Waals surface area contributed by atoms with E-state index in [1.165, 1.54) is 5.69 Å². The Balaban J connectivity index is 1.88. The molecule has 0 spiro atoms. The summed E-state index contributed by atoms with van der Waals surface area (Å²) in [6, 6.07) is 4.38. The van der Waals surface area contributed by atoms with Crippen molar-refractivity contribution in [3.63, 3.8) is 0 Å². The number of nitrogens with zero attached hydrogens (tertiary/aromatic N) is 1. The predicted octanol–water partition coefficient (Wildman–Crippen LogP) is 4.80. The molecule has 0 N–H and O–H groups in total. The molecule has 1 aliphatic heterocycles. The maximum absolute atomic E-state index is 12.6. The van der Waals surface area contributed by atoms with Crippen LogP contribution in [0.25, 0.3) is 0 Å². The number of Topliss-reactive ketones (excluding diaryl/α,β-unsaturated/α-hetero) is 1. The molecule has 176 valence electrons. The van der Waals surface area contributed by atoms with Crippen molar-refractivity contribution in [2.45, 2.75) is 97.5 Å². The average molecular weight is 452 g/mol. The molecule has 1 heterocycles. The van der Waals surface area contributed by atoms with Crippen LogP contribution in [0.2, 0.25) is 0 Å². The van der Waals surface area contributed by atoms with Gasteiger partial charge in [-0.2, -0.15) is 0 Å². The van der Waals surface area contributed by atoms with Gasteiger partial charge in [0.2, 0.25) is 0 Å². The monoisotopic (exact) mass is 451 g/mol. The molecule has 0 bridgehead atoms. The van der Waals surface area contributed by atoms with E-state index in [0.717, 1.165) is 42.6 Å². The Morgan fingerprint density at radius 1 is 1.03 bits per heavy atom. The molecular weight excluding hydrogens is 410 g/mol. The maximum atomic E-state index is 12.6. The topological polar surface area (TPSA) is 63.7 Å². The fourth-order valence-corrected chi connectivity index (χ4v) is 5.40. The summed E-state index contributed by atoms with van der Waals surface area (Å²) in [7, 11) is -3.08. The minimum atomic E-state index is -3.08. The molecule has 1 aliphatic rings. The second-order valence-electron chi connectivity index (χ2n) is 10.2. The lowest BCUT2D eigenvalue weighted by molar-refractivity contribution is -0.118. The van der Waals surface area contributed by atoms with Crippen LogP contribution in [-0.2, 0) is 25.8 Å². The third-order valence-corrected chi connectivity index (χ3v) is 8.83. The predicted molar refractivity (Wildman–Crippen MR) is 129 cm³/mol. The van der Waals surface area contributed by atoms with Gasteiger partial charge in [0.05, 0.1) is 22.7 Å². The molecule has 1 saturated heterocycles. The van der Waals surface area contributed by atoms with Crippen LogP contribution in [-0.4, -0.2) is 50.0 Å². The summed E-state index contributed by atoms with van der Waals surface area (Å²) in [5, 5.41) is 0. The molecule has 1 aromatic rings. The van der Waals surface area contributed by atoms with Crippen molar-refractivity contribution in [1.29, 1.82) is 0 Å². The normalized spacial score (nSPS) is 20.2. The Morgan fingerprint density at radius 2 is 1.58 bits per heavy atom. The first-order valence-corrected chi connectivity index (χ1v) is 13.2. The van der Waals surface area contributed by atoms with Crippen LogP contribution in [0.5, 0.6) is 0 Å². The number of carbonyl (C=O) groups excluding carboxylic acids is 1. The number of ketones is 1. The number of benzene rings is 1. The van der Waals surface area contributed by atoms with E-state index in [2.05, 4.69) is 44.7 Å².